The molecule has 0 bridgehead atoms. The molecule has 0 fully saturated rings. The molecule has 0 spiro atoms. The van der Waals surface area contributed by atoms with Gasteiger partial charge in [0.1, 0.15) is 0 Å². The van der Waals surface area contributed by atoms with Crippen LogP contribution in [0.3, 0.4) is 0 Å². The largest absolute Gasteiger partial charge is 0.411 e. The number of hydrogen-bond acceptors (Lipinski definition) is 13. The van der Waals surface area contributed by atoms with Gasteiger partial charge in [0, 0.05) is 40.0 Å². The van der Waals surface area contributed by atoms with Crippen LogP contribution in [0.4, 0.5) is 0 Å². The fourth-order valence-corrected chi connectivity index (χ4v) is 5.23. The minimum absolute atomic E-state index is 0.00871. The summed E-state index contributed by atoms with van der Waals surface area (Å²) in [6.07, 6.45) is 0. The van der Waals surface area contributed by atoms with Crippen LogP contribution in [0.2, 0.25) is 0 Å². The van der Waals surface area contributed by atoms with E-state index in [1.54, 1.807) is 0 Å². The van der Waals surface area contributed by atoms with Gasteiger partial charge in [-0.2, -0.15) is 0 Å². The summed E-state index contributed by atoms with van der Waals surface area (Å²) in [6, 6.07) is 10.0. The zero-order valence-corrected chi connectivity index (χ0v) is 22.9. The lowest BCUT2D eigenvalue weighted by atomic mass is 9.80. The van der Waals surface area contributed by atoms with E-state index in [9.17, 15) is 0 Å². The molecule has 0 saturated carbocycles. The molecule has 0 saturated heterocycles. The second-order valence-electron chi connectivity index (χ2n) is 8.16. The standard InChI is InChI=1S/C25H31N5O6S2/c1-16-19(22-27-29-24(35-22)37-14-12-33-10-8-31)21(18-6-4-3-5-7-18)20(17(2)26-16)23-28-30-25(36-23)38-15-13-34-11-9-32/h3-7,21,26,31-32H,8-15H2,1-2H3. The highest BCUT2D eigenvalue weighted by molar-refractivity contribution is 7.99. The number of allylic oxidation sites excluding steroid dienone is 4. The molecule has 2 aromatic heterocycles. The fraction of sp³-hybridized carbons (Fsp3) is 0.440. The number of hydrogen-bond donors (Lipinski definition) is 3. The van der Waals surface area contributed by atoms with Gasteiger partial charge in [0.2, 0.25) is 11.8 Å². The van der Waals surface area contributed by atoms with E-state index < -0.39 is 0 Å². The lowest BCUT2D eigenvalue weighted by Crippen LogP contribution is -2.23. The summed E-state index contributed by atoms with van der Waals surface area (Å²) in [4.78, 5) is 0. The van der Waals surface area contributed by atoms with Crippen LogP contribution in [-0.4, -0.2) is 81.8 Å². The van der Waals surface area contributed by atoms with E-state index >= 15 is 0 Å². The smallest absolute Gasteiger partial charge is 0.276 e. The summed E-state index contributed by atoms with van der Waals surface area (Å²) in [6.45, 7) is 5.48. The van der Waals surface area contributed by atoms with Gasteiger partial charge in [0.15, 0.2) is 0 Å². The SMILES string of the molecule is CC1=C(c2nnc(SCCOCCO)o2)C(c2ccccc2)C(c2nnc(SCCOCCO)o2)=C(C)N1. The highest BCUT2D eigenvalue weighted by atomic mass is 32.2. The molecule has 11 nitrogen and oxygen atoms in total. The Hall–Kier alpha value is -2.68. The van der Waals surface area contributed by atoms with E-state index in [-0.39, 0.29) is 19.1 Å². The second kappa shape index (κ2) is 14.5. The van der Waals surface area contributed by atoms with E-state index in [1.807, 2.05) is 44.2 Å². The van der Waals surface area contributed by atoms with Crippen molar-refractivity contribution in [3.05, 3.63) is 59.1 Å². The molecule has 1 aromatic carbocycles. The Morgan fingerprint density at radius 2 is 1.26 bits per heavy atom. The number of dihydropyridines is 1. The summed E-state index contributed by atoms with van der Waals surface area (Å²) in [5.74, 6) is 1.77. The maximum atomic E-state index is 8.85. The molecule has 0 unspecified atom stereocenters. The van der Waals surface area contributed by atoms with Crippen molar-refractivity contribution in [3.63, 3.8) is 0 Å². The number of thioether (sulfide) groups is 2. The van der Waals surface area contributed by atoms with Crippen molar-refractivity contribution in [2.75, 3.05) is 51.1 Å². The summed E-state index contributed by atoms with van der Waals surface area (Å²) in [7, 11) is 0. The number of nitrogens with one attached hydrogen (secondary N) is 1. The highest BCUT2D eigenvalue weighted by Crippen LogP contribution is 2.47. The van der Waals surface area contributed by atoms with Crippen LogP contribution in [0.1, 0.15) is 37.1 Å². The average Bonchev–Trinajstić information content (AvgIpc) is 3.58. The Morgan fingerprint density at radius 1 is 0.763 bits per heavy atom. The quantitative estimate of drug-likeness (QED) is 0.184. The van der Waals surface area contributed by atoms with Gasteiger partial charge in [0.25, 0.3) is 10.4 Å². The van der Waals surface area contributed by atoms with Gasteiger partial charge in [0.05, 0.1) is 39.6 Å². The number of benzene rings is 1. The second-order valence-corrected chi connectivity index (χ2v) is 10.3. The van der Waals surface area contributed by atoms with Gasteiger partial charge in [-0.25, -0.2) is 0 Å². The molecule has 3 N–H and O–H groups in total. The van der Waals surface area contributed by atoms with Gasteiger partial charge in [-0.15, -0.1) is 20.4 Å². The number of aromatic nitrogens is 4. The molecule has 13 heteroatoms. The Kier molecular flexibility index (Phi) is 10.8. The van der Waals surface area contributed by atoms with Crippen LogP contribution in [0.5, 0.6) is 0 Å². The highest BCUT2D eigenvalue weighted by Gasteiger charge is 2.36. The maximum Gasteiger partial charge on any atom is 0.276 e. The number of ether oxygens (including phenoxy) is 2. The molecule has 3 aromatic rings. The minimum Gasteiger partial charge on any atom is -0.411 e. The van der Waals surface area contributed by atoms with Crippen LogP contribution in [0.25, 0.3) is 11.1 Å². The number of rotatable bonds is 15. The summed E-state index contributed by atoms with van der Waals surface area (Å²) in [5.41, 5.74) is 4.46. The average molecular weight is 562 g/mol. The Labute approximate surface area is 229 Å². The molecule has 0 aliphatic carbocycles. The van der Waals surface area contributed by atoms with Crippen molar-refractivity contribution < 1.29 is 28.5 Å². The van der Waals surface area contributed by atoms with Crippen molar-refractivity contribution >= 4 is 34.7 Å². The predicted octanol–water partition coefficient (Wildman–Crippen LogP) is 3.20. The third-order valence-electron chi connectivity index (χ3n) is 5.54. The van der Waals surface area contributed by atoms with Crippen LogP contribution in [0, 0.1) is 0 Å². The van der Waals surface area contributed by atoms with Gasteiger partial charge in [-0.3, -0.25) is 0 Å². The zero-order valence-electron chi connectivity index (χ0n) is 21.3. The molecule has 1 aliphatic rings. The third-order valence-corrected chi connectivity index (χ3v) is 7.11. The molecule has 0 radical (unpaired) electrons. The minimum atomic E-state index is -0.283. The normalized spacial score (nSPS) is 14.4. The van der Waals surface area contributed by atoms with Crippen molar-refractivity contribution in [1.82, 2.24) is 25.7 Å². The summed E-state index contributed by atoms with van der Waals surface area (Å²) < 4.78 is 22.8. The molecule has 38 heavy (non-hydrogen) atoms. The van der Waals surface area contributed by atoms with Crippen LogP contribution >= 0.6 is 23.5 Å². The fourth-order valence-electron chi connectivity index (χ4n) is 4.00. The van der Waals surface area contributed by atoms with Crippen LogP contribution in [0.15, 0.2) is 61.0 Å². The zero-order chi connectivity index (χ0) is 26.7. The Balaban J connectivity index is 1.59. The Morgan fingerprint density at radius 3 is 1.74 bits per heavy atom. The molecular weight excluding hydrogens is 530 g/mol. The molecule has 0 atom stereocenters. The molecule has 204 valence electrons. The van der Waals surface area contributed by atoms with Crippen LogP contribution in [-0.2, 0) is 9.47 Å². The number of nitrogens with zero attached hydrogens (tertiary/aromatic N) is 4. The van der Waals surface area contributed by atoms with Crippen molar-refractivity contribution in [2.24, 2.45) is 0 Å². The van der Waals surface area contributed by atoms with Gasteiger partial charge >= 0.3 is 0 Å². The summed E-state index contributed by atoms with van der Waals surface area (Å²) in [5, 5.41) is 39.2. The van der Waals surface area contributed by atoms with Gasteiger partial charge < -0.3 is 33.8 Å². The van der Waals surface area contributed by atoms with Crippen molar-refractivity contribution in [3.8, 4) is 0 Å². The Bertz CT molecular complexity index is 1160. The van der Waals surface area contributed by atoms with E-state index in [4.69, 9.17) is 28.5 Å². The molecular formula is C25H31N5O6S2. The number of aliphatic hydroxyl groups is 2. The van der Waals surface area contributed by atoms with E-state index in [0.29, 0.717) is 60.2 Å². The first-order valence-corrected chi connectivity index (χ1v) is 14.1. The van der Waals surface area contributed by atoms with E-state index in [0.717, 1.165) is 28.1 Å². The van der Waals surface area contributed by atoms with E-state index in [2.05, 4.69) is 25.7 Å². The van der Waals surface area contributed by atoms with Crippen LogP contribution < -0.4 is 5.32 Å². The summed E-state index contributed by atoms with van der Waals surface area (Å²) >= 11 is 2.80. The maximum absolute atomic E-state index is 8.85. The lowest BCUT2D eigenvalue weighted by molar-refractivity contribution is 0.103. The third kappa shape index (κ3) is 7.24. The lowest BCUT2D eigenvalue weighted by Gasteiger charge is -2.29. The molecule has 1 aliphatic heterocycles. The van der Waals surface area contributed by atoms with Gasteiger partial charge in [-0.1, -0.05) is 53.9 Å². The van der Waals surface area contributed by atoms with Crippen molar-refractivity contribution in [2.45, 2.75) is 30.2 Å². The van der Waals surface area contributed by atoms with Crippen molar-refractivity contribution in [1.29, 1.82) is 0 Å². The monoisotopic (exact) mass is 561 g/mol. The first kappa shape index (κ1) is 28.3. The topological polar surface area (TPSA) is 149 Å². The molecule has 4 rings (SSSR count). The first-order valence-electron chi connectivity index (χ1n) is 12.2. The van der Waals surface area contributed by atoms with Gasteiger partial charge in [-0.05, 0) is 19.4 Å². The predicted molar refractivity (Wildman–Crippen MR) is 143 cm³/mol. The van der Waals surface area contributed by atoms with E-state index in [1.165, 1.54) is 23.5 Å². The first-order chi connectivity index (χ1) is 18.6. The molecule has 3 heterocycles. The number of aliphatic hydroxyl groups excluding tert-OH is 2. The molecule has 0 amide bonds.